The minimum Gasteiger partial charge on any atom is -0.207 e. The van der Waals surface area contributed by atoms with Crippen molar-refractivity contribution in [2.45, 2.75) is 38.1 Å². The van der Waals surface area contributed by atoms with Gasteiger partial charge in [-0.1, -0.05) is 36.1 Å². The molecule has 19 heavy (non-hydrogen) atoms. The summed E-state index contributed by atoms with van der Waals surface area (Å²) >= 11 is 0. The average molecular weight is 277 g/mol. The van der Waals surface area contributed by atoms with E-state index in [-0.39, 0.29) is 4.90 Å². The van der Waals surface area contributed by atoms with Gasteiger partial charge in [0.2, 0.25) is 10.0 Å². The van der Waals surface area contributed by atoms with E-state index in [1.54, 1.807) is 45.0 Å². The van der Waals surface area contributed by atoms with E-state index in [0.717, 1.165) is 5.56 Å². The molecule has 0 atom stereocenters. The normalized spacial score (nSPS) is 11.6. The van der Waals surface area contributed by atoms with Crippen LogP contribution in [0.15, 0.2) is 41.3 Å². The molecule has 0 radical (unpaired) electrons. The van der Waals surface area contributed by atoms with E-state index in [2.05, 4.69) is 23.1 Å². The fraction of sp³-hybridized carbons (Fsp3) is 0.333. The first-order valence-electron chi connectivity index (χ1n) is 5.92. The summed E-state index contributed by atoms with van der Waals surface area (Å²) in [6.45, 7) is 10.8. The Labute approximate surface area is 115 Å². The highest BCUT2D eigenvalue weighted by atomic mass is 32.2. The molecule has 0 unspecified atom stereocenters. The van der Waals surface area contributed by atoms with Gasteiger partial charge in [-0.15, -0.1) is 0 Å². The predicted octanol–water partition coefficient (Wildman–Crippen LogP) is 2.63. The quantitative estimate of drug-likeness (QED) is 0.863. The van der Waals surface area contributed by atoms with Gasteiger partial charge >= 0.3 is 0 Å². The highest BCUT2D eigenvalue weighted by Gasteiger charge is 2.24. The number of hydrogen-bond acceptors (Lipinski definition) is 2. The van der Waals surface area contributed by atoms with Gasteiger partial charge in [0.05, 0.1) is 10.4 Å². The van der Waals surface area contributed by atoms with Gasteiger partial charge in [0.1, 0.15) is 0 Å². The maximum atomic E-state index is 12.2. The summed E-state index contributed by atoms with van der Waals surface area (Å²) in [6.07, 6.45) is 0. The van der Waals surface area contributed by atoms with E-state index in [9.17, 15) is 8.42 Å². The molecule has 0 spiro atoms. The van der Waals surface area contributed by atoms with Crippen molar-refractivity contribution in [1.82, 2.24) is 4.72 Å². The molecule has 0 saturated heterocycles. The molecule has 1 N–H and O–H groups in total. The summed E-state index contributed by atoms with van der Waals surface area (Å²) < 4.78 is 27.0. The maximum absolute atomic E-state index is 12.2. The lowest BCUT2D eigenvalue weighted by molar-refractivity contribution is 0.539. The zero-order chi connectivity index (χ0) is 14.7. The highest BCUT2D eigenvalue weighted by Crippen LogP contribution is 2.13. The van der Waals surface area contributed by atoms with E-state index >= 15 is 0 Å². The summed E-state index contributed by atoms with van der Waals surface area (Å²) in [6, 6.07) is 6.70. The molecule has 0 amide bonds. The van der Waals surface area contributed by atoms with Crippen LogP contribution in [0.4, 0.5) is 0 Å². The lowest BCUT2D eigenvalue weighted by Crippen LogP contribution is -2.42. The van der Waals surface area contributed by atoms with E-state index < -0.39 is 15.6 Å². The number of hydrogen-bond donors (Lipinski definition) is 1. The number of nitrogens with one attached hydrogen (secondary N) is 1. The lowest BCUT2D eigenvalue weighted by atomic mass is 10.1. The molecule has 3 nitrogen and oxygen atoms in total. The van der Waals surface area contributed by atoms with Crippen molar-refractivity contribution >= 4 is 10.0 Å². The van der Waals surface area contributed by atoms with E-state index in [1.165, 1.54) is 0 Å². The van der Waals surface area contributed by atoms with Gasteiger partial charge in [-0.05, 0) is 45.4 Å². The molecule has 0 aliphatic rings. The van der Waals surface area contributed by atoms with Gasteiger partial charge in [0, 0.05) is 0 Å². The second-order valence-corrected chi connectivity index (χ2v) is 6.76. The lowest BCUT2D eigenvalue weighted by Gasteiger charge is -2.19. The number of rotatable bonds is 3. The van der Waals surface area contributed by atoms with Gasteiger partial charge in [0.25, 0.3) is 0 Å². The van der Waals surface area contributed by atoms with Crippen LogP contribution in [0.2, 0.25) is 0 Å². The molecule has 0 aliphatic carbocycles. The van der Waals surface area contributed by atoms with Gasteiger partial charge < -0.3 is 0 Å². The first-order valence-corrected chi connectivity index (χ1v) is 7.40. The van der Waals surface area contributed by atoms with Crippen molar-refractivity contribution in [2.24, 2.45) is 0 Å². The Morgan fingerprint density at radius 3 is 2.26 bits per heavy atom. The van der Waals surface area contributed by atoms with Gasteiger partial charge in [0.15, 0.2) is 0 Å². The topological polar surface area (TPSA) is 46.2 Å². The third kappa shape index (κ3) is 4.90. The largest absolute Gasteiger partial charge is 0.241 e. The van der Waals surface area contributed by atoms with Crippen LogP contribution in [0.25, 0.3) is 0 Å². The fourth-order valence-electron chi connectivity index (χ4n) is 1.40. The summed E-state index contributed by atoms with van der Waals surface area (Å²) in [4.78, 5) is 0.239. The van der Waals surface area contributed by atoms with Crippen LogP contribution in [-0.4, -0.2) is 14.0 Å². The molecule has 0 saturated carbocycles. The Bertz CT molecular complexity index is 629. The molecular formula is C15H19NO2S. The monoisotopic (exact) mass is 277 g/mol. The van der Waals surface area contributed by atoms with Crippen LogP contribution >= 0.6 is 0 Å². The van der Waals surface area contributed by atoms with Crippen LogP contribution in [0.5, 0.6) is 0 Å². The smallest absolute Gasteiger partial charge is 0.207 e. The van der Waals surface area contributed by atoms with Crippen LogP contribution in [0.1, 0.15) is 26.3 Å². The summed E-state index contributed by atoms with van der Waals surface area (Å²) in [7, 11) is -3.56. The Morgan fingerprint density at radius 2 is 1.79 bits per heavy atom. The van der Waals surface area contributed by atoms with Crippen LogP contribution in [-0.2, 0) is 10.0 Å². The minimum atomic E-state index is -3.56. The third-order valence-electron chi connectivity index (χ3n) is 2.31. The number of allylic oxidation sites excluding steroid dienone is 1. The van der Waals surface area contributed by atoms with Crippen molar-refractivity contribution in [1.29, 1.82) is 0 Å². The second kappa shape index (κ2) is 5.60. The predicted molar refractivity (Wildman–Crippen MR) is 78.2 cm³/mol. The van der Waals surface area contributed by atoms with Crippen LogP contribution in [0.3, 0.4) is 0 Å². The van der Waals surface area contributed by atoms with Crippen molar-refractivity contribution in [3.8, 4) is 11.8 Å². The molecule has 4 heteroatoms. The minimum absolute atomic E-state index is 0.239. The van der Waals surface area contributed by atoms with Crippen molar-refractivity contribution in [3.05, 3.63) is 42.0 Å². The van der Waals surface area contributed by atoms with E-state index in [4.69, 9.17) is 0 Å². The zero-order valence-corrected chi connectivity index (χ0v) is 12.6. The summed E-state index contributed by atoms with van der Waals surface area (Å²) in [5.41, 5.74) is 0.866. The summed E-state index contributed by atoms with van der Waals surface area (Å²) in [5, 5.41) is 0. The molecule has 0 fully saturated rings. The second-order valence-electron chi connectivity index (χ2n) is 5.07. The molecule has 1 aromatic carbocycles. The average Bonchev–Trinajstić information content (AvgIpc) is 2.26. The number of aryl methyl sites for hydroxylation is 1. The standard InChI is InChI=1S/C15H19NO2S/c1-12(2)10-11-15(4,5)16-19(17,18)14-8-6-13(3)7-9-14/h6-9,16H,1H2,2-5H3. The Hall–Kier alpha value is -1.57. The molecule has 0 bridgehead atoms. The molecule has 0 aliphatic heterocycles. The fourth-order valence-corrected chi connectivity index (χ4v) is 2.74. The van der Waals surface area contributed by atoms with Crippen molar-refractivity contribution in [3.63, 3.8) is 0 Å². The number of benzene rings is 1. The molecular weight excluding hydrogens is 258 g/mol. The van der Waals surface area contributed by atoms with Crippen molar-refractivity contribution < 1.29 is 8.42 Å². The van der Waals surface area contributed by atoms with E-state index in [0.29, 0.717) is 5.57 Å². The van der Waals surface area contributed by atoms with Gasteiger partial charge in [-0.25, -0.2) is 8.42 Å². The number of sulfonamides is 1. The zero-order valence-electron chi connectivity index (χ0n) is 11.7. The van der Waals surface area contributed by atoms with Gasteiger partial charge in [-0.2, -0.15) is 4.72 Å². The van der Waals surface area contributed by atoms with Crippen LogP contribution < -0.4 is 4.72 Å². The summed E-state index contributed by atoms with van der Waals surface area (Å²) in [5.74, 6) is 5.65. The molecule has 102 valence electrons. The highest BCUT2D eigenvalue weighted by molar-refractivity contribution is 7.89. The molecule has 0 aromatic heterocycles. The SMILES string of the molecule is C=C(C)C#CC(C)(C)NS(=O)(=O)c1ccc(C)cc1. The Kier molecular flexibility index (Phi) is 4.56. The van der Waals surface area contributed by atoms with Crippen molar-refractivity contribution in [2.75, 3.05) is 0 Å². The van der Waals surface area contributed by atoms with Crippen LogP contribution in [0, 0.1) is 18.8 Å². The maximum Gasteiger partial charge on any atom is 0.241 e. The van der Waals surface area contributed by atoms with Gasteiger partial charge in [-0.3, -0.25) is 0 Å². The first kappa shape index (κ1) is 15.5. The molecule has 0 heterocycles. The first-order chi connectivity index (χ1) is 8.62. The molecule has 1 rings (SSSR count). The molecule has 1 aromatic rings. The Balaban J connectivity index is 3.01. The Morgan fingerprint density at radius 1 is 1.26 bits per heavy atom. The van der Waals surface area contributed by atoms with E-state index in [1.807, 2.05) is 6.92 Å². The third-order valence-corrected chi connectivity index (χ3v) is 3.98.